The molecule has 0 radical (unpaired) electrons. The Morgan fingerprint density at radius 3 is 2.56 bits per heavy atom. The van der Waals surface area contributed by atoms with E-state index >= 15 is 0 Å². The number of phenols is 1. The van der Waals surface area contributed by atoms with Crippen LogP contribution in [0.4, 0.5) is 0 Å². The molecular formula is C20H26N2O3. The zero-order chi connectivity index (χ0) is 18.6. The number of nitrogens with one attached hydrogen (secondary N) is 1. The first-order chi connectivity index (χ1) is 11.8. The van der Waals surface area contributed by atoms with Crippen molar-refractivity contribution in [3.05, 3.63) is 53.1 Å². The molecule has 3 N–H and O–H groups in total. The van der Waals surface area contributed by atoms with Crippen molar-refractivity contribution in [3.8, 4) is 16.9 Å². The van der Waals surface area contributed by atoms with E-state index in [0.29, 0.717) is 12.1 Å². The first-order valence-corrected chi connectivity index (χ1v) is 8.30. The molecule has 0 aliphatic carbocycles. The van der Waals surface area contributed by atoms with Gasteiger partial charge in [-0.05, 0) is 68.4 Å². The number of likely N-dealkylation sites (N-methyl/N-ethyl adjacent to an activating group) is 1. The molecule has 0 aliphatic rings. The van der Waals surface area contributed by atoms with Crippen LogP contribution in [0.25, 0.3) is 11.1 Å². The second-order valence-electron chi connectivity index (χ2n) is 6.59. The molecule has 2 rings (SSSR count). The molecule has 5 heteroatoms. The minimum absolute atomic E-state index is 0.207. The molecule has 5 nitrogen and oxygen atoms in total. The first kappa shape index (κ1) is 19.0. The Hall–Kier alpha value is -2.37. The first-order valence-electron chi connectivity index (χ1n) is 8.30. The van der Waals surface area contributed by atoms with Crippen molar-refractivity contribution in [2.45, 2.75) is 20.0 Å². The van der Waals surface area contributed by atoms with Gasteiger partial charge in [0, 0.05) is 18.7 Å². The van der Waals surface area contributed by atoms with Crippen molar-refractivity contribution in [3.63, 3.8) is 0 Å². The third-order valence-electron chi connectivity index (χ3n) is 4.27. The lowest BCUT2D eigenvalue weighted by Crippen LogP contribution is -2.37. The zero-order valence-electron chi connectivity index (χ0n) is 15.2. The van der Waals surface area contributed by atoms with Crippen LogP contribution in [0.3, 0.4) is 0 Å². The fourth-order valence-corrected chi connectivity index (χ4v) is 2.75. The molecule has 1 amide bonds. The fraction of sp³-hybridized carbons (Fsp3) is 0.350. The van der Waals surface area contributed by atoms with E-state index in [2.05, 4.69) is 5.32 Å². The molecule has 134 valence electrons. The maximum Gasteiger partial charge on any atom is 0.251 e. The number of carbonyl (C=O) groups excluding carboxylic acids is 1. The summed E-state index contributed by atoms with van der Waals surface area (Å²) in [4.78, 5) is 14.2. The lowest BCUT2D eigenvalue weighted by atomic mass is 9.95. The molecule has 0 saturated carbocycles. The molecule has 2 aromatic rings. The van der Waals surface area contributed by atoms with Crippen LogP contribution < -0.4 is 5.32 Å². The molecular weight excluding hydrogens is 316 g/mol. The molecule has 0 heterocycles. The van der Waals surface area contributed by atoms with Gasteiger partial charge in [0.05, 0.1) is 6.10 Å². The van der Waals surface area contributed by atoms with Gasteiger partial charge in [-0.2, -0.15) is 0 Å². The minimum Gasteiger partial charge on any atom is -0.508 e. The Morgan fingerprint density at radius 1 is 1.16 bits per heavy atom. The summed E-state index contributed by atoms with van der Waals surface area (Å²) in [5.41, 5.74) is 4.26. The largest absolute Gasteiger partial charge is 0.508 e. The molecule has 25 heavy (non-hydrogen) atoms. The van der Waals surface area contributed by atoms with Gasteiger partial charge in [-0.15, -0.1) is 0 Å². The van der Waals surface area contributed by atoms with Gasteiger partial charge in [-0.1, -0.05) is 18.2 Å². The number of aliphatic hydroxyl groups is 1. The summed E-state index contributed by atoms with van der Waals surface area (Å²) in [5, 5.41) is 22.4. The summed E-state index contributed by atoms with van der Waals surface area (Å²) >= 11 is 0. The highest BCUT2D eigenvalue weighted by atomic mass is 16.3. The van der Waals surface area contributed by atoms with Gasteiger partial charge >= 0.3 is 0 Å². The molecule has 0 unspecified atom stereocenters. The average Bonchev–Trinajstić information content (AvgIpc) is 2.57. The highest BCUT2D eigenvalue weighted by Crippen LogP contribution is 2.30. The molecule has 0 spiro atoms. The van der Waals surface area contributed by atoms with Gasteiger partial charge in [-0.25, -0.2) is 0 Å². The van der Waals surface area contributed by atoms with Crippen molar-refractivity contribution in [2.75, 3.05) is 27.2 Å². The van der Waals surface area contributed by atoms with Crippen LogP contribution >= 0.6 is 0 Å². The lowest BCUT2D eigenvalue weighted by Gasteiger charge is -2.16. The van der Waals surface area contributed by atoms with E-state index in [1.54, 1.807) is 12.1 Å². The van der Waals surface area contributed by atoms with E-state index in [0.717, 1.165) is 22.3 Å². The summed E-state index contributed by atoms with van der Waals surface area (Å²) in [5.74, 6) is 0.0536. The minimum atomic E-state index is -0.607. The van der Waals surface area contributed by atoms with Gasteiger partial charge < -0.3 is 20.4 Å². The number of aromatic hydroxyl groups is 1. The molecule has 0 saturated heterocycles. The quantitative estimate of drug-likeness (QED) is 0.753. The second-order valence-corrected chi connectivity index (χ2v) is 6.59. The second kappa shape index (κ2) is 8.14. The van der Waals surface area contributed by atoms with E-state index in [1.807, 2.05) is 57.1 Å². The highest BCUT2D eigenvalue weighted by molar-refractivity contribution is 5.95. The van der Waals surface area contributed by atoms with Crippen LogP contribution in [0.2, 0.25) is 0 Å². The number of phenolic OH excluding ortho intramolecular Hbond substituents is 1. The lowest BCUT2D eigenvalue weighted by molar-refractivity contribution is 0.0892. The van der Waals surface area contributed by atoms with Gasteiger partial charge in [-0.3, -0.25) is 4.79 Å². The highest BCUT2D eigenvalue weighted by Gasteiger charge is 2.12. The molecule has 1 atom stereocenters. The van der Waals surface area contributed by atoms with Gasteiger partial charge in [0.1, 0.15) is 5.75 Å². The normalized spacial score (nSPS) is 12.2. The number of amides is 1. The summed E-state index contributed by atoms with van der Waals surface area (Å²) in [6, 6.07) is 10.9. The molecule has 0 fully saturated rings. The zero-order valence-corrected chi connectivity index (χ0v) is 15.2. The van der Waals surface area contributed by atoms with Gasteiger partial charge in [0.2, 0.25) is 0 Å². The summed E-state index contributed by atoms with van der Waals surface area (Å²) in [6.07, 6.45) is -0.607. The molecule has 0 aliphatic heterocycles. The van der Waals surface area contributed by atoms with E-state index < -0.39 is 6.10 Å². The summed E-state index contributed by atoms with van der Waals surface area (Å²) in [7, 11) is 3.74. The number of hydrogen-bond acceptors (Lipinski definition) is 4. The van der Waals surface area contributed by atoms with Crippen LogP contribution in [0.1, 0.15) is 21.5 Å². The van der Waals surface area contributed by atoms with E-state index in [9.17, 15) is 15.0 Å². The number of carbonyl (C=O) groups is 1. The Balaban J connectivity index is 2.16. The smallest absolute Gasteiger partial charge is 0.251 e. The summed E-state index contributed by atoms with van der Waals surface area (Å²) in [6.45, 7) is 4.52. The molecule has 2 aromatic carbocycles. The number of benzene rings is 2. The maximum atomic E-state index is 12.3. The van der Waals surface area contributed by atoms with Gasteiger partial charge in [0.15, 0.2) is 0 Å². The Labute approximate surface area is 148 Å². The third-order valence-corrected chi connectivity index (χ3v) is 4.27. The Morgan fingerprint density at radius 2 is 1.88 bits per heavy atom. The van der Waals surface area contributed by atoms with Crippen LogP contribution in [0, 0.1) is 13.8 Å². The average molecular weight is 342 g/mol. The predicted molar refractivity (Wildman–Crippen MR) is 99.9 cm³/mol. The van der Waals surface area contributed by atoms with Crippen LogP contribution in [-0.2, 0) is 0 Å². The third kappa shape index (κ3) is 4.81. The number of aliphatic hydroxyl groups excluding tert-OH is 1. The van der Waals surface area contributed by atoms with E-state index in [-0.39, 0.29) is 18.2 Å². The summed E-state index contributed by atoms with van der Waals surface area (Å²) < 4.78 is 0. The monoisotopic (exact) mass is 342 g/mol. The van der Waals surface area contributed by atoms with Crippen molar-refractivity contribution < 1.29 is 15.0 Å². The molecule has 0 aromatic heterocycles. The van der Waals surface area contributed by atoms with Crippen molar-refractivity contribution in [2.24, 2.45) is 0 Å². The topological polar surface area (TPSA) is 72.8 Å². The van der Waals surface area contributed by atoms with Crippen LogP contribution in [0.5, 0.6) is 5.75 Å². The van der Waals surface area contributed by atoms with Crippen molar-refractivity contribution in [1.29, 1.82) is 0 Å². The number of hydrogen-bond donors (Lipinski definition) is 3. The molecule has 0 bridgehead atoms. The SMILES string of the molecule is Cc1c(O)ccc(-c2cccc(C(=O)NC[C@@H](O)CN(C)C)c2)c1C. The maximum absolute atomic E-state index is 12.3. The van der Waals surface area contributed by atoms with Gasteiger partial charge in [0.25, 0.3) is 5.91 Å². The Kier molecular flexibility index (Phi) is 6.17. The van der Waals surface area contributed by atoms with Crippen molar-refractivity contribution >= 4 is 5.91 Å². The Bertz CT molecular complexity index is 757. The number of nitrogens with zero attached hydrogens (tertiary/aromatic N) is 1. The fourth-order valence-electron chi connectivity index (χ4n) is 2.75. The predicted octanol–water partition coefficient (Wildman–Crippen LogP) is 2.33. The van der Waals surface area contributed by atoms with Crippen LogP contribution in [-0.4, -0.2) is 54.3 Å². The standard InChI is InChI=1S/C20H26N2O3/c1-13-14(2)19(24)9-8-18(13)15-6-5-7-16(10-15)20(25)21-11-17(23)12-22(3)4/h5-10,17,23-24H,11-12H2,1-4H3,(H,21,25)/t17-/m1/s1. The van der Waals surface area contributed by atoms with Crippen LogP contribution in [0.15, 0.2) is 36.4 Å². The van der Waals surface area contributed by atoms with E-state index in [4.69, 9.17) is 0 Å². The van der Waals surface area contributed by atoms with Crippen molar-refractivity contribution in [1.82, 2.24) is 10.2 Å². The van der Waals surface area contributed by atoms with E-state index in [1.165, 1.54) is 0 Å². The number of rotatable bonds is 6.